The largest absolute Gasteiger partial charge is 0.348 e. The number of rotatable bonds is 4. The zero-order valence-electron chi connectivity index (χ0n) is 12.6. The molecule has 0 unspecified atom stereocenters. The number of halogens is 1. The lowest BCUT2D eigenvalue weighted by molar-refractivity contribution is 0.0933. The summed E-state index contributed by atoms with van der Waals surface area (Å²) < 4.78 is 2.73. The van der Waals surface area contributed by atoms with E-state index >= 15 is 0 Å². The lowest BCUT2D eigenvalue weighted by Crippen LogP contribution is -2.32. The van der Waals surface area contributed by atoms with Crippen molar-refractivity contribution in [2.45, 2.75) is 40.2 Å². The van der Waals surface area contributed by atoms with Crippen LogP contribution in [0.3, 0.4) is 0 Å². The Hall–Kier alpha value is -1.69. The van der Waals surface area contributed by atoms with Crippen molar-refractivity contribution in [3.05, 3.63) is 39.6 Å². The van der Waals surface area contributed by atoms with Crippen molar-refractivity contribution in [3.63, 3.8) is 0 Å². The van der Waals surface area contributed by atoms with Crippen LogP contribution in [0, 0.1) is 13.8 Å². The van der Waals surface area contributed by atoms with E-state index in [1.807, 2.05) is 45.9 Å². The van der Waals surface area contributed by atoms with Crippen LogP contribution >= 0.6 is 15.9 Å². The molecule has 1 aromatic heterocycles. The van der Waals surface area contributed by atoms with Crippen LogP contribution in [0.1, 0.15) is 42.0 Å². The van der Waals surface area contributed by atoms with Crippen molar-refractivity contribution in [2.75, 3.05) is 0 Å². The zero-order chi connectivity index (χ0) is 15.6. The third-order valence-electron chi connectivity index (χ3n) is 3.49. The highest BCUT2D eigenvalue weighted by atomic mass is 79.9. The van der Waals surface area contributed by atoms with Gasteiger partial charge in [0.2, 0.25) is 0 Å². The number of carbonyl (C=O) groups is 1. The summed E-state index contributed by atoms with van der Waals surface area (Å²) in [5, 5.41) is 11.0. The fraction of sp³-hybridized carbons (Fsp3) is 0.400. The second-order valence-electron chi connectivity index (χ2n) is 5.15. The number of amides is 1. The van der Waals surface area contributed by atoms with Crippen LogP contribution in [-0.4, -0.2) is 26.9 Å². The third-order valence-corrected chi connectivity index (χ3v) is 4.38. The normalized spacial score (nSPS) is 12.2. The number of hydrogen-bond donors (Lipinski definition) is 1. The number of aromatic nitrogens is 3. The summed E-state index contributed by atoms with van der Waals surface area (Å²) in [4.78, 5) is 12.2. The van der Waals surface area contributed by atoms with E-state index in [1.165, 1.54) is 0 Å². The maximum atomic E-state index is 12.2. The average molecular weight is 351 g/mol. The molecule has 2 rings (SSSR count). The van der Waals surface area contributed by atoms with Gasteiger partial charge in [-0.25, -0.2) is 4.68 Å². The van der Waals surface area contributed by atoms with Crippen molar-refractivity contribution in [1.82, 2.24) is 20.3 Å². The number of carbonyl (C=O) groups excluding carboxylic acids is 1. The molecule has 0 aliphatic rings. The number of benzene rings is 1. The molecule has 5 nitrogen and oxygen atoms in total. The monoisotopic (exact) mass is 350 g/mol. The Kier molecular flexibility index (Phi) is 4.77. The molecule has 0 aliphatic carbocycles. The highest BCUT2D eigenvalue weighted by Crippen LogP contribution is 2.20. The lowest BCUT2D eigenvalue weighted by atomic mass is 10.2. The highest BCUT2D eigenvalue weighted by Gasteiger charge is 2.18. The van der Waals surface area contributed by atoms with E-state index in [0.29, 0.717) is 5.69 Å². The van der Waals surface area contributed by atoms with Crippen LogP contribution in [0.5, 0.6) is 0 Å². The molecule has 0 aliphatic heterocycles. The average Bonchev–Trinajstić information content (AvgIpc) is 2.83. The van der Waals surface area contributed by atoms with E-state index in [1.54, 1.807) is 4.68 Å². The predicted octanol–water partition coefficient (Wildman–Crippen LogP) is 3.17. The summed E-state index contributed by atoms with van der Waals surface area (Å²) in [5.74, 6) is -0.179. The van der Waals surface area contributed by atoms with Crippen molar-refractivity contribution in [3.8, 4) is 5.69 Å². The molecule has 0 fully saturated rings. The molecule has 0 bridgehead atoms. The minimum Gasteiger partial charge on any atom is -0.348 e. The maximum absolute atomic E-state index is 12.2. The Morgan fingerprint density at radius 2 is 2.14 bits per heavy atom. The molecule has 0 saturated heterocycles. The molecule has 0 saturated carbocycles. The Labute approximate surface area is 132 Å². The van der Waals surface area contributed by atoms with Gasteiger partial charge >= 0.3 is 0 Å². The quantitative estimate of drug-likeness (QED) is 0.920. The van der Waals surface area contributed by atoms with Gasteiger partial charge < -0.3 is 5.32 Å². The van der Waals surface area contributed by atoms with E-state index in [0.717, 1.165) is 27.8 Å². The zero-order valence-corrected chi connectivity index (χ0v) is 14.2. The lowest BCUT2D eigenvalue weighted by Gasteiger charge is -2.10. The van der Waals surface area contributed by atoms with E-state index in [2.05, 4.69) is 31.6 Å². The van der Waals surface area contributed by atoms with Gasteiger partial charge in [-0.2, -0.15) is 0 Å². The van der Waals surface area contributed by atoms with Crippen LogP contribution in [0.25, 0.3) is 5.69 Å². The van der Waals surface area contributed by atoms with Crippen LogP contribution in [0.2, 0.25) is 0 Å². The van der Waals surface area contributed by atoms with Gasteiger partial charge in [-0.1, -0.05) is 28.1 Å². The summed E-state index contributed by atoms with van der Waals surface area (Å²) in [5.41, 5.74) is 3.10. The molecule has 112 valence electrons. The van der Waals surface area contributed by atoms with Crippen LogP contribution in [0.15, 0.2) is 22.7 Å². The van der Waals surface area contributed by atoms with Gasteiger partial charge in [0.1, 0.15) is 0 Å². The Balaban J connectivity index is 2.32. The van der Waals surface area contributed by atoms with E-state index < -0.39 is 0 Å². The van der Waals surface area contributed by atoms with E-state index in [4.69, 9.17) is 0 Å². The first-order valence-corrected chi connectivity index (χ1v) is 7.73. The Morgan fingerprint density at radius 1 is 1.43 bits per heavy atom. The van der Waals surface area contributed by atoms with Crippen molar-refractivity contribution in [1.29, 1.82) is 0 Å². The van der Waals surface area contributed by atoms with Crippen LogP contribution < -0.4 is 5.32 Å². The van der Waals surface area contributed by atoms with E-state index in [9.17, 15) is 4.79 Å². The second-order valence-corrected chi connectivity index (χ2v) is 6.01. The SMILES string of the molecule is CC[C@@H](C)NC(=O)c1nnn(-c2ccc(Br)c(C)c2)c1C. The first-order valence-electron chi connectivity index (χ1n) is 6.93. The van der Waals surface area contributed by atoms with Crippen molar-refractivity contribution in [2.24, 2.45) is 0 Å². The molecule has 1 aromatic carbocycles. The summed E-state index contributed by atoms with van der Waals surface area (Å²) in [7, 11) is 0. The first-order chi connectivity index (χ1) is 9.93. The minimum absolute atomic E-state index is 0.122. The van der Waals surface area contributed by atoms with Crippen LogP contribution in [-0.2, 0) is 0 Å². The maximum Gasteiger partial charge on any atom is 0.273 e. The Bertz CT molecular complexity index is 666. The first kappa shape index (κ1) is 15.7. The second kappa shape index (κ2) is 6.39. The molecule has 0 spiro atoms. The molecule has 2 aromatic rings. The highest BCUT2D eigenvalue weighted by molar-refractivity contribution is 9.10. The molecule has 21 heavy (non-hydrogen) atoms. The van der Waals surface area contributed by atoms with Gasteiger partial charge in [-0.3, -0.25) is 4.79 Å². The minimum atomic E-state index is -0.179. The van der Waals surface area contributed by atoms with Gasteiger partial charge in [0.05, 0.1) is 11.4 Å². The fourth-order valence-electron chi connectivity index (χ4n) is 1.94. The number of aryl methyl sites for hydroxylation is 1. The molecule has 1 N–H and O–H groups in total. The molecule has 0 radical (unpaired) electrons. The van der Waals surface area contributed by atoms with Gasteiger partial charge in [-0.15, -0.1) is 5.10 Å². The summed E-state index contributed by atoms with van der Waals surface area (Å²) in [6, 6.07) is 6.03. The molecule has 1 atom stereocenters. The summed E-state index contributed by atoms with van der Waals surface area (Å²) in [6.07, 6.45) is 0.880. The van der Waals surface area contributed by atoms with Gasteiger partial charge in [0.15, 0.2) is 5.69 Å². The number of nitrogens with one attached hydrogen (secondary N) is 1. The van der Waals surface area contributed by atoms with Crippen molar-refractivity contribution < 1.29 is 4.79 Å². The number of nitrogens with zero attached hydrogens (tertiary/aromatic N) is 3. The predicted molar refractivity (Wildman–Crippen MR) is 85.8 cm³/mol. The summed E-state index contributed by atoms with van der Waals surface area (Å²) in [6.45, 7) is 7.86. The number of hydrogen-bond acceptors (Lipinski definition) is 3. The smallest absolute Gasteiger partial charge is 0.273 e. The van der Waals surface area contributed by atoms with Gasteiger partial charge in [0.25, 0.3) is 5.91 Å². The summed E-state index contributed by atoms with van der Waals surface area (Å²) >= 11 is 3.47. The molecule has 1 heterocycles. The molecule has 6 heteroatoms. The molecular weight excluding hydrogens is 332 g/mol. The van der Waals surface area contributed by atoms with E-state index in [-0.39, 0.29) is 11.9 Å². The molecule has 1 amide bonds. The Morgan fingerprint density at radius 3 is 2.76 bits per heavy atom. The van der Waals surface area contributed by atoms with Crippen LogP contribution in [0.4, 0.5) is 0 Å². The fourth-order valence-corrected chi connectivity index (χ4v) is 2.19. The topological polar surface area (TPSA) is 59.8 Å². The van der Waals surface area contributed by atoms with Crippen molar-refractivity contribution >= 4 is 21.8 Å². The third kappa shape index (κ3) is 3.32. The van der Waals surface area contributed by atoms with Gasteiger partial charge in [0, 0.05) is 10.5 Å². The van der Waals surface area contributed by atoms with Gasteiger partial charge in [-0.05, 0) is 51.0 Å². The molecular formula is C15H19BrN4O. The standard InChI is InChI=1S/C15H19BrN4O/c1-5-10(3)17-15(21)14-11(4)20(19-18-14)12-6-7-13(16)9(2)8-12/h6-8,10H,5H2,1-4H3,(H,17,21)/t10-/m1/s1.